The Morgan fingerprint density at radius 3 is 2.39 bits per heavy atom. The molecule has 0 radical (unpaired) electrons. The third-order valence-corrected chi connectivity index (χ3v) is 4.30. The molecule has 116 valence electrons. The number of hydrogen-bond acceptors (Lipinski definition) is 2. The summed E-state index contributed by atoms with van der Waals surface area (Å²) in [4.78, 5) is 13.3. The number of para-hydroxylation sites is 1. The van der Waals surface area contributed by atoms with Gasteiger partial charge in [-0.25, -0.2) is 9.18 Å². The Morgan fingerprint density at radius 2 is 1.70 bits per heavy atom. The van der Waals surface area contributed by atoms with E-state index >= 15 is 0 Å². The van der Waals surface area contributed by atoms with Gasteiger partial charge in [0, 0.05) is 4.88 Å². The van der Waals surface area contributed by atoms with E-state index in [1.165, 1.54) is 12.1 Å². The van der Waals surface area contributed by atoms with Crippen molar-refractivity contribution in [3.63, 3.8) is 0 Å². The Balaban J connectivity index is 1.79. The Bertz CT molecular complexity index is 775. The highest BCUT2D eigenvalue weighted by Gasteiger charge is 2.18. The Kier molecular flexibility index (Phi) is 4.68. The molecule has 0 fully saturated rings. The van der Waals surface area contributed by atoms with Crippen LogP contribution in [0.4, 0.5) is 14.9 Å². The SMILES string of the molecule is O=C(Nc1ccccc1F)N[C@H](c1ccccc1)c1cccs1. The van der Waals surface area contributed by atoms with Gasteiger partial charge in [-0.2, -0.15) is 0 Å². The molecule has 0 aliphatic rings. The fourth-order valence-corrected chi connectivity index (χ4v) is 3.07. The summed E-state index contributed by atoms with van der Waals surface area (Å²) in [5, 5.41) is 7.42. The van der Waals surface area contributed by atoms with Crippen LogP contribution < -0.4 is 10.6 Å². The van der Waals surface area contributed by atoms with Crippen LogP contribution in [0.5, 0.6) is 0 Å². The Hall–Kier alpha value is -2.66. The number of amides is 2. The van der Waals surface area contributed by atoms with E-state index in [0.29, 0.717) is 0 Å². The van der Waals surface area contributed by atoms with Gasteiger partial charge < -0.3 is 10.6 Å². The predicted octanol–water partition coefficient (Wildman–Crippen LogP) is 4.80. The van der Waals surface area contributed by atoms with Crippen molar-refractivity contribution < 1.29 is 9.18 Å². The summed E-state index contributed by atoms with van der Waals surface area (Å²) in [6.45, 7) is 0. The molecule has 0 bridgehead atoms. The molecule has 0 aliphatic heterocycles. The number of anilines is 1. The van der Waals surface area contributed by atoms with Crippen molar-refractivity contribution in [3.05, 3.63) is 88.4 Å². The minimum absolute atomic E-state index is 0.156. The highest BCUT2D eigenvalue weighted by atomic mass is 32.1. The zero-order valence-corrected chi connectivity index (χ0v) is 13.0. The lowest BCUT2D eigenvalue weighted by molar-refractivity contribution is 0.250. The Morgan fingerprint density at radius 1 is 0.957 bits per heavy atom. The number of thiophene rings is 1. The fraction of sp³-hybridized carbons (Fsp3) is 0.0556. The average molecular weight is 326 g/mol. The molecule has 2 N–H and O–H groups in total. The van der Waals surface area contributed by atoms with E-state index in [0.717, 1.165) is 10.4 Å². The minimum Gasteiger partial charge on any atom is -0.326 e. The van der Waals surface area contributed by atoms with Crippen LogP contribution in [-0.2, 0) is 0 Å². The van der Waals surface area contributed by atoms with Crippen LogP contribution >= 0.6 is 11.3 Å². The van der Waals surface area contributed by atoms with E-state index in [1.807, 2.05) is 47.8 Å². The molecule has 0 aliphatic carbocycles. The molecule has 3 nitrogen and oxygen atoms in total. The monoisotopic (exact) mass is 326 g/mol. The summed E-state index contributed by atoms with van der Waals surface area (Å²) >= 11 is 1.56. The summed E-state index contributed by atoms with van der Waals surface area (Å²) in [5.74, 6) is -0.463. The third kappa shape index (κ3) is 3.76. The number of carbonyl (C=O) groups excluding carboxylic acids is 1. The van der Waals surface area contributed by atoms with Crippen molar-refractivity contribution in [3.8, 4) is 0 Å². The van der Waals surface area contributed by atoms with Crippen LogP contribution in [0.3, 0.4) is 0 Å². The second kappa shape index (κ2) is 7.07. The largest absolute Gasteiger partial charge is 0.326 e. The van der Waals surface area contributed by atoms with E-state index in [1.54, 1.807) is 23.5 Å². The van der Waals surface area contributed by atoms with Gasteiger partial charge in [0.25, 0.3) is 0 Å². The topological polar surface area (TPSA) is 41.1 Å². The molecule has 0 spiro atoms. The summed E-state index contributed by atoms with van der Waals surface area (Å²) in [7, 11) is 0. The molecule has 0 saturated heterocycles. The summed E-state index contributed by atoms with van der Waals surface area (Å²) in [5.41, 5.74) is 1.13. The van der Waals surface area contributed by atoms with Gasteiger partial charge in [-0.3, -0.25) is 0 Å². The highest BCUT2D eigenvalue weighted by Crippen LogP contribution is 2.26. The van der Waals surface area contributed by atoms with E-state index < -0.39 is 11.8 Å². The van der Waals surface area contributed by atoms with Gasteiger partial charge in [0.2, 0.25) is 0 Å². The molecule has 3 aromatic rings. The van der Waals surface area contributed by atoms with E-state index in [9.17, 15) is 9.18 Å². The van der Waals surface area contributed by atoms with Crippen LogP contribution in [0, 0.1) is 5.82 Å². The number of urea groups is 1. The predicted molar refractivity (Wildman–Crippen MR) is 91.2 cm³/mol. The van der Waals surface area contributed by atoms with Crippen molar-refractivity contribution in [2.24, 2.45) is 0 Å². The lowest BCUT2D eigenvalue weighted by atomic mass is 10.1. The van der Waals surface area contributed by atoms with Gasteiger partial charge in [0.1, 0.15) is 5.82 Å². The molecule has 2 amide bonds. The number of nitrogens with one attached hydrogen (secondary N) is 2. The maximum atomic E-state index is 13.6. The molecule has 5 heteroatoms. The van der Waals surface area contributed by atoms with Crippen molar-refractivity contribution in [1.82, 2.24) is 5.32 Å². The smallest absolute Gasteiger partial charge is 0.320 e. The van der Waals surface area contributed by atoms with E-state index in [-0.39, 0.29) is 11.7 Å². The molecule has 1 aromatic heterocycles. The van der Waals surface area contributed by atoms with Crippen LogP contribution in [0.2, 0.25) is 0 Å². The molecule has 0 saturated carbocycles. The zero-order chi connectivity index (χ0) is 16.1. The first-order chi connectivity index (χ1) is 11.2. The summed E-state index contributed by atoms with van der Waals surface area (Å²) in [6, 6.07) is 18.9. The van der Waals surface area contributed by atoms with Crippen LogP contribution in [0.1, 0.15) is 16.5 Å². The molecule has 23 heavy (non-hydrogen) atoms. The highest BCUT2D eigenvalue weighted by molar-refractivity contribution is 7.10. The molecule has 1 heterocycles. The zero-order valence-electron chi connectivity index (χ0n) is 12.2. The molecule has 2 aromatic carbocycles. The van der Waals surface area contributed by atoms with Crippen LogP contribution in [0.15, 0.2) is 72.1 Å². The van der Waals surface area contributed by atoms with Gasteiger partial charge >= 0.3 is 6.03 Å². The maximum Gasteiger partial charge on any atom is 0.320 e. The number of carbonyl (C=O) groups is 1. The van der Waals surface area contributed by atoms with Crippen molar-refractivity contribution in [1.29, 1.82) is 0 Å². The Labute approximate surface area is 137 Å². The first-order valence-corrected chi connectivity index (χ1v) is 8.02. The van der Waals surface area contributed by atoms with E-state index in [4.69, 9.17) is 0 Å². The quantitative estimate of drug-likeness (QED) is 0.710. The normalized spacial score (nSPS) is 11.7. The van der Waals surface area contributed by atoms with Gasteiger partial charge in [-0.15, -0.1) is 11.3 Å². The molecular formula is C18H15FN2OS. The average Bonchev–Trinajstić information content (AvgIpc) is 3.10. The maximum absolute atomic E-state index is 13.6. The molecule has 3 rings (SSSR count). The second-order valence-corrected chi connectivity index (χ2v) is 5.92. The third-order valence-electron chi connectivity index (χ3n) is 3.36. The summed E-state index contributed by atoms with van der Waals surface area (Å²) < 4.78 is 13.6. The lowest BCUT2D eigenvalue weighted by Gasteiger charge is -2.18. The van der Waals surface area contributed by atoms with Crippen molar-refractivity contribution in [2.75, 3.05) is 5.32 Å². The molecule has 0 unspecified atom stereocenters. The second-order valence-electron chi connectivity index (χ2n) is 4.94. The van der Waals surface area contributed by atoms with Crippen molar-refractivity contribution in [2.45, 2.75) is 6.04 Å². The van der Waals surface area contributed by atoms with Gasteiger partial charge in [-0.05, 0) is 29.1 Å². The first kappa shape index (κ1) is 15.2. The van der Waals surface area contributed by atoms with Gasteiger partial charge in [0.05, 0.1) is 11.7 Å². The number of rotatable bonds is 4. The number of halogens is 1. The van der Waals surface area contributed by atoms with Crippen LogP contribution in [0.25, 0.3) is 0 Å². The lowest BCUT2D eigenvalue weighted by Crippen LogP contribution is -2.33. The van der Waals surface area contributed by atoms with Crippen molar-refractivity contribution >= 4 is 23.1 Å². The van der Waals surface area contributed by atoms with Crippen LogP contribution in [-0.4, -0.2) is 6.03 Å². The fourth-order valence-electron chi connectivity index (χ4n) is 2.27. The minimum atomic E-state index is -0.463. The van der Waals surface area contributed by atoms with E-state index in [2.05, 4.69) is 10.6 Å². The standard InChI is InChI=1S/C18H15FN2OS/c19-14-9-4-5-10-15(14)20-18(22)21-17(16-11-6-12-23-16)13-7-2-1-3-8-13/h1-12,17H,(H2,20,21,22)/t17-/m1/s1. The van der Waals surface area contributed by atoms with Gasteiger partial charge in [0.15, 0.2) is 0 Å². The molecule has 1 atom stereocenters. The number of benzene rings is 2. The van der Waals surface area contributed by atoms with Gasteiger partial charge in [-0.1, -0.05) is 48.5 Å². The summed E-state index contributed by atoms with van der Waals surface area (Å²) in [6.07, 6.45) is 0. The molecular weight excluding hydrogens is 311 g/mol. The first-order valence-electron chi connectivity index (χ1n) is 7.14. The number of hydrogen-bond donors (Lipinski definition) is 2.